The van der Waals surface area contributed by atoms with E-state index in [1.165, 1.54) is 16.7 Å². The molecule has 0 fully saturated rings. The molecule has 1 atom stereocenters. The van der Waals surface area contributed by atoms with Gasteiger partial charge in [0.25, 0.3) is 5.91 Å². The van der Waals surface area contributed by atoms with E-state index >= 15 is 0 Å². The predicted octanol–water partition coefficient (Wildman–Crippen LogP) is 3.39. The molecular formula is C14H18ClNO3S. The number of hydrogen-bond donors (Lipinski definition) is 1. The van der Waals surface area contributed by atoms with Gasteiger partial charge in [-0.3, -0.25) is 9.59 Å². The normalized spacial score (nSPS) is 12.0. The van der Waals surface area contributed by atoms with Crippen LogP contribution in [0.2, 0.25) is 5.02 Å². The third-order valence-electron chi connectivity index (χ3n) is 3.01. The van der Waals surface area contributed by atoms with Crippen LogP contribution in [-0.2, 0) is 4.79 Å². The van der Waals surface area contributed by atoms with Crippen LogP contribution >= 0.6 is 23.4 Å². The Morgan fingerprint density at radius 2 is 2.10 bits per heavy atom. The summed E-state index contributed by atoms with van der Waals surface area (Å²) in [7, 11) is 0. The quantitative estimate of drug-likeness (QED) is 0.818. The Labute approximate surface area is 128 Å². The fraction of sp³-hybridized carbons (Fsp3) is 0.429. The minimum Gasteiger partial charge on any atom is -0.481 e. The number of carboxylic acid groups (broad SMARTS) is 1. The molecule has 0 aliphatic rings. The lowest BCUT2D eigenvalue weighted by atomic mass is 10.1. The molecule has 0 saturated heterocycles. The van der Waals surface area contributed by atoms with Crippen molar-refractivity contribution in [2.45, 2.75) is 31.2 Å². The molecule has 1 aromatic rings. The maximum Gasteiger partial charge on any atom is 0.305 e. The van der Waals surface area contributed by atoms with Gasteiger partial charge in [-0.05, 0) is 38.3 Å². The highest BCUT2D eigenvalue weighted by Gasteiger charge is 2.23. The first-order valence-corrected chi connectivity index (χ1v) is 7.87. The van der Waals surface area contributed by atoms with Crippen LogP contribution in [0, 0.1) is 0 Å². The molecule has 1 aromatic carbocycles. The van der Waals surface area contributed by atoms with Gasteiger partial charge in [-0.1, -0.05) is 11.6 Å². The maximum absolute atomic E-state index is 12.5. The second-order valence-corrected chi connectivity index (χ2v) is 5.67. The number of carboxylic acids is 1. The van der Waals surface area contributed by atoms with Crippen molar-refractivity contribution in [1.82, 2.24) is 4.90 Å². The SMILES string of the molecule is CCN(C(=O)c1cc(SC)ccc1Cl)C(C)CC(=O)O. The number of aliphatic carboxylic acids is 1. The maximum atomic E-state index is 12.5. The van der Waals surface area contributed by atoms with E-state index in [1.807, 2.05) is 19.2 Å². The van der Waals surface area contributed by atoms with Gasteiger partial charge in [-0.2, -0.15) is 0 Å². The van der Waals surface area contributed by atoms with Gasteiger partial charge in [0.05, 0.1) is 17.0 Å². The molecular weight excluding hydrogens is 298 g/mol. The van der Waals surface area contributed by atoms with E-state index in [2.05, 4.69) is 0 Å². The van der Waals surface area contributed by atoms with Crippen molar-refractivity contribution in [1.29, 1.82) is 0 Å². The van der Waals surface area contributed by atoms with Crippen molar-refractivity contribution < 1.29 is 14.7 Å². The molecule has 0 spiro atoms. The highest BCUT2D eigenvalue weighted by molar-refractivity contribution is 7.98. The van der Waals surface area contributed by atoms with Crippen LogP contribution in [0.5, 0.6) is 0 Å². The molecule has 0 bridgehead atoms. The van der Waals surface area contributed by atoms with Gasteiger partial charge in [0, 0.05) is 17.5 Å². The third kappa shape index (κ3) is 4.15. The number of benzene rings is 1. The number of thioether (sulfide) groups is 1. The second kappa shape index (κ2) is 7.55. The van der Waals surface area contributed by atoms with Crippen molar-refractivity contribution >= 4 is 35.2 Å². The molecule has 110 valence electrons. The molecule has 0 aromatic heterocycles. The number of carbonyl (C=O) groups is 2. The zero-order valence-electron chi connectivity index (χ0n) is 11.7. The van der Waals surface area contributed by atoms with Crippen LogP contribution in [0.1, 0.15) is 30.6 Å². The standard InChI is InChI=1S/C14H18ClNO3S/c1-4-16(9(2)7-13(17)18)14(19)11-8-10(20-3)5-6-12(11)15/h5-6,8-9H,4,7H2,1-3H3,(H,17,18). The topological polar surface area (TPSA) is 57.6 Å². The van der Waals surface area contributed by atoms with E-state index in [1.54, 1.807) is 19.1 Å². The van der Waals surface area contributed by atoms with Gasteiger partial charge in [0.15, 0.2) is 0 Å². The largest absolute Gasteiger partial charge is 0.481 e. The molecule has 1 amide bonds. The Morgan fingerprint density at radius 1 is 1.45 bits per heavy atom. The van der Waals surface area contributed by atoms with Crippen molar-refractivity contribution in [2.24, 2.45) is 0 Å². The van der Waals surface area contributed by atoms with Crippen molar-refractivity contribution in [3.05, 3.63) is 28.8 Å². The summed E-state index contributed by atoms with van der Waals surface area (Å²) in [5.74, 6) is -1.16. The fourth-order valence-electron chi connectivity index (χ4n) is 1.97. The van der Waals surface area contributed by atoms with E-state index in [-0.39, 0.29) is 18.4 Å². The average molecular weight is 316 g/mol. The Morgan fingerprint density at radius 3 is 2.60 bits per heavy atom. The Kier molecular flexibility index (Phi) is 6.36. The number of rotatable bonds is 6. The van der Waals surface area contributed by atoms with Crippen LogP contribution in [-0.4, -0.2) is 40.7 Å². The molecule has 1 rings (SSSR count). The third-order valence-corrected chi connectivity index (χ3v) is 4.06. The summed E-state index contributed by atoms with van der Waals surface area (Å²) in [6, 6.07) is 4.90. The van der Waals surface area contributed by atoms with Crippen LogP contribution in [0.4, 0.5) is 0 Å². The predicted molar refractivity (Wildman–Crippen MR) is 81.7 cm³/mol. The molecule has 20 heavy (non-hydrogen) atoms. The Hall–Kier alpha value is -1.20. The number of nitrogens with zero attached hydrogens (tertiary/aromatic N) is 1. The van der Waals surface area contributed by atoms with Crippen LogP contribution < -0.4 is 0 Å². The fourth-order valence-corrected chi connectivity index (χ4v) is 2.61. The zero-order valence-corrected chi connectivity index (χ0v) is 13.3. The molecule has 0 saturated carbocycles. The van der Waals surface area contributed by atoms with Gasteiger partial charge < -0.3 is 10.0 Å². The first kappa shape index (κ1) is 16.9. The van der Waals surface area contributed by atoms with Crippen molar-refractivity contribution in [2.75, 3.05) is 12.8 Å². The highest BCUT2D eigenvalue weighted by Crippen LogP contribution is 2.25. The molecule has 1 N–H and O–H groups in total. The number of hydrogen-bond acceptors (Lipinski definition) is 3. The van der Waals surface area contributed by atoms with E-state index in [0.717, 1.165) is 4.90 Å². The lowest BCUT2D eigenvalue weighted by Gasteiger charge is -2.27. The summed E-state index contributed by atoms with van der Waals surface area (Å²) in [6.45, 7) is 3.98. The minimum atomic E-state index is -0.923. The first-order valence-electron chi connectivity index (χ1n) is 6.27. The molecule has 1 unspecified atom stereocenters. The second-order valence-electron chi connectivity index (χ2n) is 4.38. The summed E-state index contributed by atoms with van der Waals surface area (Å²) >= 11 is 7.61. The smallest absolute Gasteiger partial charge is 0.305 e. The zero-order chi connectivity index (χ0) is 15.3. The monoisotopic (exact) mass is 315 g/mol. The van der Waals surface area contributed by atoms with E-state index in [9.17, 15) is 9.59 Å². The molecule has 4 nitrogen and oxygen atoms in total. The molecule has 0 heterocycles. The van der Waals surface area contributed by atoms with E-state index < -0.39 is 5.97 Å². The van der Waals surface area contributed by atoms with E-state index in [0.29, 0.717) is 17.1 Å². The summed E-state index contributed by atoms with van der Waals surface area (Å²) in [5.41, 5.74) is 0.414. The summed E-state index contributed by atoms with van der Waals surface area (Å²) < 4.78 is 0. The lowest BCUT2D eigenvalue weighted by molar-refractivity contribution is -0.138. The van der Waals surface area contributed by atoms with Crippen LogP contribution in [0.3, 0.4) is 0 Å². The number of halogens is 1. The molecule has 0 aliphatic heterocycles. The Balaban J connectivity index is 3.04. The van der Waals surface area contributed by atoms with Gasteiger partial charge in [0.1, 0.15) is 0 Å². The number of amides is 1. The van der Waals surface area contributed by atoms with Crippen LogP contribution in [0.25, 0.3) is 0 Å². The lowest BCUT2D eigenvalue weighted by Crippen LogP contribution is -2.39. The Bertz CT molecular complexity index is 507. The minimum absolute atomic E-state index is 0.0839. The molecule has 6 heteroatoms. The summed E-state index contributed by atoms with van der Waals surface area (Å²) in [4.78, 5) is 25.8. The highest BCUT2D eigenvalue weighted by atomic mass is 35.5. The van der Waals surface area contributed by atoms with Crippen molar-refractivity contribution in [3.8, 4) is 0 Å². The summed E-state index contributed by atoms with van der Waals surface area (Å²) in [5, 5.41) is 9.23. The molecule has 0 aliphatic carbocycles. The average Bonchev–Trinajstić information content (AvgIpc) is 2.39. The summed E-state index contributed by atoms with van der Waals surface area (Å²) in [6.07, 6.45) is 1.83. The van der Waals surface area contributed by atoms with Crippen LogP contribution in [0.15, 0.2) is 23.1 Å². The van der Waals surface area contributed by atoms with Gasteiger partial charge in [0.2, 0.25) is 0 Å². The van der Waals surface area contributed by atoms with Crippen molar-refractivity contribution in [3.63, 3.8) is 0 Å². The van der Waals surface area contributed by atoms with E-state index in [4.69, 9.17) is 16.7 Å². The first-order chi connectivity index (χ1) is 9.40. The van der Waals surface area contributed by atoms with Gasteiger partial charge in [-0.25, -0.2) is 0 Å². The van der Waals surface area contributed by atoms with Gasteiger partial charge >= 0.3 is 5.97 Å². The molecule has 0 radical (unpaired) electrons. The number of carbonyl (C=O) groups excluding carboxylic acids is 1. The van der Waals surface area contributed by atoms with Gasteiger partial charge in [-0.15, -0.1) is 11.8 Å².